The molecule has 18 heavy (non-hydrogen) atoms. The molecule has 0 N–H and O–H groups in total. The standard InChI is InChI=1S/C15H22BrNO/c1-11(2)14-5-4-8-17(14)10-12-6-7-15(18-3)13(16)9-12/h6-7,9,11,14H,4-5,8,10H2,1-3H3. The summed E-state index contributed by atoms with van der Waals surface area (Å²) in [6.07, 6.45) is 2.68. The van der Waals surface area contributed by atoms with Gasteiger partial charge in [0.2, 0.25) is 0 Å². The lowest BCUT2D eigenvalue weighted by Crippen LogP contribution is -2.32. The average Bonchev–Trinajstić information content (AvgIpc) is 2.77. The second-order valence-corrected chi connectivity index (χ2v) is 6.25. The Morgan fingerprint density at radius 3 is 2.83 bits per heavy atom. The van der Waals surface area contributed by atoms with Crippen molar-refractivity contribution < 1.29 is 4.74 Å². The van der Waals surface area contributed by atoms with Gasteiger partial charge >= 0.3 is 0 Å². The van der Waals surface area contributed by atoms with E-state index in [2.05, 4.69) is 46.8 Å². The van der Waals surface area contributed by atoms with E-state index in [-0.39, 0.29) is 0 Å². The van der Waals surface area contributed by atoms with Gasteiger partial charge in [-0.15, -0.1) is 0 Å². The highest BCUT2D eigenvalue weighted by atomic mass is 79.9. The van der Waals surface area contributed by atoms with E-state index in [9.17, 15) is 0 Å². The third-order valence-electron chi connectivity index (χ3n) is 3.79. The number of methoxy groups -OCH3 is 1. The van der Waals surface area contributed by atoms with Crippen LogP contribution in [-0.4, -0.2) is 24.6 Å². The highest BCUT2D eigenvalue weighted by Crippen LogP contribution is 2.29. The number of rotatable bonds is 4. The molecule has 0 spiro atoms. The van der Waals surface area contributed by atoms with E-state index in [4.69, 9.17) is 4.74 Å². The lowest BCUT2D eigenvalue weighted by Gasteiger charge is -2.27. The van der Waals surface area contributed by atoms with Crippen molar-refractivity contribution >= 4 is 15.9 Å². The molecular formula is C15H22BrNO. The molecule has 1 aromatic carbocycles. The van der Waals surface area contributed by atoms with Crippen LogP contribution in [0.4, 0.5) is 0 Å². The van der Waals surface area contributed by atoms with Crippen molar-refractivity contribution in [3.05, 3.63) is 28.2 Å². The van der Waals surface area contributed by atoms with Crippen LogP contribution in [0.25, 0.3) is 0 Å². The van der Waals surface area contributed by atoms with E-state index in [1.165, 1.54) is 24.9 Å². The van der Waals surface area contributed by atoms with Crippen molar-refractivity contribution in [1.82, 2.24) is 4.90 Å². The predicted molar refractivity (Wildman–Crippen MR) is 79.0 cm³/mol. The van der Waals surface area contributed by atoms with E-state index in [0.29, 0.717) is 0 Å². The first-order valence-corrected chi connectivity index (χ1v) is 7.47. The fourth-order valence-corrected chi connectivity index (χ4v) is 3.43. The van der Waals surface area contributed by atoms with Crippen molar-refractivity contribution in [1.29, 1.82) is 0 Å². The van der Waals surface area contributed by atoms with Gasteiger partial charge in [0, 0.05) is 12.6 Å². The van der Waals surface area contributed by atoms with E-state index >= 15 is 0 Å². The molecule has 0 aromatic heterocycles. The Balaban J connectivity index is 2.07. The maximum Gasteiger partial charge on any atom is 0.133 e. The Kier molecular flexibility index (Phi) is 4.68. The van der Waals surface area contributed by atoms with Crippen molar-refractivity contribution in [3.8, 4) is 5.75 Å². The van der Waals surface area contributed by atoms with Crippen LogP contribution in [-0.2, 0) is 6.54 Å². The van der Waals surface area contributed by atoms with Crippen LogP contribution in [0.1, 0.15) is 32.3 Å². The van der Waals surface area contributed by atoms with Crippen LogP contribution in [0.2, 0.25) is 0 Å². The summed E-state index contributed by atoms with van der Waals surface area (Å²) in [5.74, 6) is 1.65. The molecule has 2 rings (SSSR count). The highest BCUT2D eigenvalue weighted by molar-refractivity contribution is 9.10. The molecule has 0 radical (unpaired) electrons. The molecule has 1 unspecified atom stereocenters. The second-order valence-electron chi connectivity index (χ2n) is 5.39. The van der Waals surface area contributed by atoms with Crippen LogP contribution in [0.3, 0.4) is 0 Å². The number of nitrogens with zero attached hydrogens (tertiary/aromatic N) is 1. The minimum atomic E-state index is 0.742. The van der Waals surface area contributed by atoms with Gasteiger partial charge in [-0.1, -0.05) is 19.9 Å². The van der Waals surface area contributed by atoms with Gasteiger partial charge in [0.25, 0.3) is 0 Å². The number of hydrogen-bond acceptors (Lipinski definition) is 2. The zero-order chi connectivity index (χ0) is 13.1. The first-order valence-electron chi connectivity index (χ1n) is 6.68. The molecule has 2 nitrogen and oxygen atoms in total. The van der Waals surface area contributed by atoms with Crippen LogP contribution < -0.4 is 4.74 Å². The SMILES string of the molecule is COc1ccc(CN2CCCC2C(C)C)cc1Br. The summed E-state index contributed by atoms with van der Waals surface area (Å²) in [4.78, 5) is 2.61. The molecule has 1 saturated heterocycles. The maximum absolute atomic E-state index is 5.27. The molecule has 0 aliphatic carbocycles. The predicted octanol–water partition coefficient (Wildman–Crippen LogP) is 4.08. The number of likely N-dealkylation sites (tertiary alicyclic amines) is 1. The summed E-state index contributed by atoms with van der Waals surface area (Å²) in [5, 5.41) is 0. The summed E-state index contributed by atoms with van der Waals surface area (Å²) >= 11 is 3.56. The summed E-state index contributed by atoms with van der Waals surface area (Å²) in [6.45, 7) is 6.93. The van der Waals surface area contributed by atoms with Gasteiger partial charge in [0.1, 0.15) is 5.75 Å². The molecule has 1 fully saturated rings. The lowest BCUT2D eigenvalue weighted by molar-refractivity contribution is 0.199. The number of ether oxygens (including phenoxy) is 1. The van der Waals surface area contributed by atoms with Crippen LogP contribution in [0.15, 0.2) is 22.7 Å². The average molecular weight is 312 g/mol. The molecule has 1 aliphatic rings. The number of hydrogen-bond donors (Lipinski definition) is 0. The van der Waals surface area contributed by atoms with E-state index in [1.54, 1.807) is 7.11 Å². The maximum atomic E-state index is 5.27. The Bertz CT molecular complexity index is 405. The fraction of sp³-hybridized carbons (Fsp3) is 0.600. The zero-order valence-electron chi connectivity index (χ0n) is 11.4. The van der Waals surface area contributed by atoms with E-state index in [1.807, 2.05) is 6.07 Å². The van der Waals surface area contributed by atoms with Crippen LogP contribution in [0.5, 0.6) is 5.75 Å². The van der Waals surface area contributed by atoms with Gasteiger partial charge in [-0.2, -0.15) is 0 Å². The monoisotopic (exact) mass is 311 g/mol. The van der Waals surface area contributed by atoms with Crippen molar-refractivity contribution in [3.63, 3.8) is 0 Å². The third-order valence-corrected chi connectivity index (χ3v) is 4.41. The first kappa shape index (κ1) is 13.9. The highest BCUT2D eigenvalue weighted by Gasteiger charge is 2.26. The largest absolute Gasteiger partial charge is 0.496 e. The molecule has 0 saturated carbocycles. The molecule has 1 atom stereocenters. The Hall–Kier alpha value is -0.540. The second kappa shape index (κ2) is 6.07. The smallest absolute Gasteiger partial charge is 0.133 e. The Morgan fingerprint density at radius 2 is 2.22 bits per heavy atom. The van der Waals surface area contributed by atoms with Gasteiger partial charge in [-0.3, -0.25) is 4.90 Å². The summed E-state index contributed by atoms with van der Waals surface area (Å²) < 4.78 is 6.31. The van der Waals surface area contributed by atoms with Gasteiger partial charge in [0.05, 0.1) is 11.6 Å². The summed E-state index contributed by atoms with van der Waals surface area (Å²) in [5.41, 5.74) is 1.36. The number of benzene rings is 1. The van der Waals surface area contributed by atoms with Crippen molar-refractivity contribution in [2.75, 3.05) is 13.7 Å². The molecule has 1 aliphatic heterocycles. The zero-order valence-corrected chi connectivity index (χ0v) is 13.0. The quantitative estimate of drug-likeness (QED) is 0.831. The van der Waals surface area contributed by atoms with Gasteiger partial charge in [-0.05, 0) is 58.9 Å². The van der Waals surface area contributed by atoms with Gasteiger partial charge in [0.15, 0.2) is 0 Å². The fourth-order valence-electron chi connectivity index (χ4n) is 2.85. The minimum absolute atomic E-state index is 0.742. The first-order chi connectivity index (χ1) is 8.61. The molecular weight excluding hydrogens is 290 g/mol. The summed E-state index contributed by atoms with van der Waals surface area (Å²) in [7, 11) is 1.70. The topological polar surface area (TPSA) is 12.5 Å². The lowest BCUT2D eigenvalue weighted by atomic mass is 10.0. The van der Waals surface area contributed by atoms with Crippen molar-refractivity contribution in [2.24, 2.45) is 5.92 Å². The molecule has 0 bridgehead atoms. The number of halogens is 1. The van der Waals surface area contributed by atoms with Crippen LogP contribution >= 0.6 is 15.9 Å². The van der Waals surface area contributed by atoms with Crippen molar-refractivity contribution in [2.45, 2.75) is 39.3 Å². The Morgan fingerprint density at radius 1 is 1.44 bits per heavy atom. The summed E-state index contributed by atoms with van der Waals surface area (Å²) in [6, 6.07) is 7.12. The third kappa shape index (κ3) is 3.07. The van der Waals surface area contributed by atoms with E-state index < -0.39 is 0 Å². The normalized spacial score (nSPS) is 20.6. The minimum Gasteiger partial charge on any atom is -0.496 e. The molecule has 100 valence electrons. The molecule has 1 aromatic rings. The van der Waals surface area contributed by atoms with Gasteiger partial charge < -0.3 is 4.74 Å². The van der Waals surface area contributed by atoms with Gasteiger partial charge in [-0.25, -0.2) is 0 Å². The molecule has 3 heteroatoms. The van der Waals surface area contributed by atoms with Crippen LogP contribution in [0, 0.1) is 5.92 Å². The van der Waals surface area contributed by atoms with E-state index in [0.717, 1.165) is 28.7 Å². The molecule has 0 amide bonds. The Labute approximate surface area is 118 Å². The molecule has 1 heterocycles.